The van der Waals surface area contributed by atoms with Crippen LogP contribution in [-0.4, -0.2) is 49.7 Å². The molecule has 0 spiro atoms. The number of hydrogen-bond donors (Lipinski definition) is 1. The molecule has 1 fully saturated rings. The van der Waals surface area contributed by atoms with Crippen LogP contribution in [0.5, 0.6) is 0 Å². The second-order valence-electron chi connectivity index (χ2n) is 5.43. The number of aliphatic hydroxyl groups is 1. The Morgan fingerprint density at radius 1 is 1.40 bits per heavy atom. The molecule has 1 saturated heterocycles. The Labute approximate surface area is 117 Å². The van der Waals surface area contributed by atoms with E-state index in [1.165, 1.54) is 0 Å². The van der Waals surface area contributed by atoms with Crippen molar-refractivity contribution in [2.45, 2.75) is 33.3 Å². The van der Waals surface area contributed by atoms with Gasteiger partial charge in [-0.2, -0.15) is 5.10 Å². The molecule has 0 radical (unpaired) electrons. The molecule has 1 N–H and O–H groups in total. The first kappa shape index (κ1) is 13.1. The van der Waals surface area contributed by atoms with Crippen LogP contribution in [0.15, 0.2) is 6.07 Å². The minimum absolute atomic E-state index is 0.0912. The average Bonchev–Trinajstić information content (AvgIpc) is 2.92. The molecule has 2 aromatic rings. The molecule has 0 aromatic carbocycles. The van der Waals surface area contributed by atoms with Gasteiger partial charge in [0.1, 0.15) is 5.56 Å². The van der Waals surface area contributed by atoms with Crippen molar-refractivity contribution >= 4 is 11.6 Å². The summed E-state index contributed by atoms with van der Waals surface area (Å²) < 4.78 is 1.71. The number of rotatable bonds is 1. The normalized spacial score (nSPS) is 19.0. The fourth-order valence-corrected chi connectivity index (χ4v) is 2.76. The summed E-state index contributed by atoms with van der Waals surface area (Å²) in [4.78, 5) is 18.8. The Morgan fingerprint density at radius 3 is 2.80 bits per heavy atom. The fourth-order valence-electron chi connectivity index (χ4n) is 2.76. The van der Waals surface area contributed by atoms with Gasteiger partial charge in [0, 0.05) is 24.5 Å². The number of aliphatic hydroxyl groups excluding tert-OH is 1. The van der Waals surface area contributed by atoms with E-state index in [0.29, 0.717) is 36.4 Å². The summed E-state index contributed by atoms with van der Waals surface area (Å²) in [6.07, 6.45) is 0.215. The number of amides is 1. The van der Waals surface area contributed by atoms with Gasteiger partial charge in [-0.15, -0.1) is 0 Å². The van der Waals surface area contributed by atoms with Crippen LogP contribution in [0.4, 0.5) is 0 Å². The first-order chi connectivity index (χ1) is 9.47. The van der Waals surface area contributed by atoms with Gasteiger partial charge in [0.05, 0.1) is 11.8 Å². The zero-order valence-corrected chi connectivity index (χ0v) is 11.9. The van der Waals surface area contributed by atoms with Crippen LogP contribution < -0.4 is 0 Å². The Kier molecular flexibility index (Phi) is 2.97. The Hall–Kier alpha value is -1.95. The number of likely N-dealkylation sites (tertiary alicyclic amines) is 1. The van der Waals surface area contributed by atoms with Gasteiger partial charge in [-0.3, -0.25) is 4.79 Å². The van der Waals surface area contributed by atoms with Gasteiger partial charge in [0.15, 0.2) is 5.65 Å². The van der Waals surface area contributed by atoms with Crippen LogP contribution in [0.1, 0.15) is 33.9 Å². The number of fused-ring (bicyclic) bond motifs is 1. The van der Waals surface area contributed by atoms with E-state index < -0.39 is 6.10 Å². The molecule has 6 nitrogen and oxygen atoms in total. The summed E-state index contributed by atoms with van der Waals surface area (Å²) in [7, 11) is 0. The molecule has 1 atom stereocenters. The van der Waals surface area contributed by atoms with E-state index in [9.17, 15) is 9.90 Å². The predicted octanol–water partition coefficient (Wildman–Crippen LogP) is 0.861. The summed E-state index contributed by atoms with van der Waals surface area (Å²) in [6, 6.07) is 1.94. The van der Waals surface area contributed by atoms with E-state index in [-0.39, 0.29) is 5.91 Å². The van der Waals surface area contributed by atoms with E-state index in [4.69, 9.17) is 0 Å². The summed E-state index contributed by atoms with van der Waals surface area (Å²) >= 11 is 0. The molecule has 20 heavy (non-hydrogen) atoms. The first-order valence-electron chi connectivity index (χ1n) is 6.78. The van der Waals surface area contributed by atoms with Crippen LogP contribution in [0.2, 0.25) is 0 Å². The third kappa shape index (κ3) is 1.96. The van der Waals surface area contributed by atoms with Gasteiger partial charge < -0.3 is 10.0 Å². The van der Waals surface area contributed by atoms with Gasteiger partial charge in [-0.25, -0.2) is 9.50 Å². The van der Waals surface area contributed by atoms with E-state index in [1.54, 1.807) is 9.42 Å². The van der Waals surface area contributed by atoms with Crippen molar-refractivity contribution in [3.8, 4) is 0 Å². The largest absolute Gasteiger partial charge is 0.391 e. The number of hydrogen-bond acceptors (Lipinski definition) is 4. The second-order valence-corrected chi connectivity index (χ2v) is 5.43. The number of aryl methyl sites for hydroxylation is 3. The molecule has 1 amide bonds. The van der Waals surface area contributed by atoms with Crippen molar-refractivity contribution in [2.24, 2.45) is 0 Å². The number of β-amino-alcohol motifs (C(OH)–C–C–N with tert-alkyl or cyclic N) is 1. The maximum absolute atomic E-state index is 12.6. The fraction of sp³-hybridized carbons (Fsp3) is 0.500. The minimum atomic E-state index is -0.419. The molecule has 1 aliphatic rings. The maximum Gasteiger partial charge on any atom is 0.259 e. The van der Waals surface area contributed by atoms with Crippen LogP contribution in [-0.2, 0) is 0 Å². The summed E-state index contributed by atoms with van der Waals surface area (Å²) in [5, 5.41) is 14.0. The SMILES string of the molecule is Cc1cc(C)n2nc(C)c(C(=O)N3CC[C@H](O)C3)c2n1. The number of carbonyl (C=O) groups is 1. The highest BCUT2D eigenvalue weighted by atomic mass is 16.3. The Morgan fingerprint density at radius 2 is 2.15 bits per heavy atom. The van der Waals surface area contributed by atoms with Gasteiger partial charge in [-0.05, 0) is 33.3 Å². The molecule has 0 unspecified atom stereocenters. The number of nitrogens with zero attached hydrogens (tertiary/aromatic N) is 4. The lowest BCUT2D eigenvalue weighted by Crippen LogP contribution is -2.30. The second kappa shape index (κ2) is 4.56. The molecule has 106 valence electrons. The standard InChI is InChI=1S/C14H18N4O2/c1-8-6-9(2)18-13(15-8)12(10(3)16-18)14(20)17-5-4-11(19)7-17/h6,11,19H,4-5,7H2,1-3H3/t11-/m0/s1. The summed E-state index contributed by atoms with van der Waals surface area (Å²) in [5.41, 5.74) is 3.65. The van der Waals surface area contributed by atoms with Crippen LogP contribution in [0.25, 0.3) is 5.65 Å². The van der Waals surface area contributed by atoms with Crippen molar-refractivity contribution in [1.82, 2.24) is 19.5 Å². The van der Waals surface area contributed by atoms with Crippen molar-refractivity contribution in [3.63, 3.8) is 0 Å². The molecule has 6 heteroatoms. The number of aromatic nitrogens is 3. The van der Waals surface area contributed by atoms with E-state index in [0.717, 1.165) is 11.4 Å². The van der Waals surface area contributed by atoms with E-state index >= 15 is 0 Å². The third-order valence-corrected chi connectivity index (χ3v) is 3.73. The first-order valence-corrected chi connectivity index (χ1v) is 6.78. The van der Waals surface area contributed by atoms with E-state index in [1.807, 2.05) is 26.8 Å². The van der Waals surface area contributed by atoms with E-state index in [2.05, 4.69) is 10.1 Å². The van der Waals surface area contributed by atoms with Crippen LogP contribution in [0.3, 0.4) is 0 Å². The Bertz CT molecular complexity index is 692. The van der Waals surface area contributed by atoms with Crippen molar-refractivity contribution < 1.29 is 9.90 Å². The topological polar surface area (TPSA) is 70.7 Å². The quantitative estimate of drug-likeness (QED) is 0.837. The van der Waals surface area contributed by atoms with Crippen LogP contribution in [0, 0.1) is 20.8 Å². The minimum Gasteiger partial charge on any atom is -0.391 e. The highest BCUT2D eigenvalue weighted by Gasteiger charge is 2.29. The zero-order chi connectivity index (χ0) is 14.4. The number of carbonyl (C=O) groups excluding carboxylic acids is 1. The third-order valence-electron chi connectivity index (χ3n) is 3.73. The van der Waals surface area contributed by atoms with Gasteiger partial charge in [-0.1, -0.05) is 0 Å². The van der Waals surface area contributed by atoms with Crippen molar-refractivity contribution in [1.29, 1.82) is 0 Å². The van der Waals surface area contributed by atoms with Crippen molar-refractivity contribution in [2.75, 3.05) is 13.1 Å². The van der Waals surface area contributed by atoms with Gasteiger partial charge in [0.2, 0.25) is 0 Å². The molecular formula is C14H18N4O2. The van der Waals surface area contributed by atoms with Gasteiger partial charge in [0.25, 0.3) is 5.91 Å². The lowest BCUT2D eigenvalue weighted by atomic mass is 10.2. The zero-order valence-electron chi connectivity index (χ0n) is 11.9. The lowest BCUT2D eigenvalue weighted by Gasteiger charge is -2.15. The Balaban J connectivity index is 2.11. The highest BCUT2D eigenvalue weighted by molar-refractivity contribution is 6.01. The summed E-state index contributed by atoms with van der Waals surface area (Å²) in [5.74, 6) is -0.0912. The maximum atomic E-state index is 12.6. The molecule has 3 heterocycles. The van der Waals surface area contributed by atoms with Crippen molar-refractivity contribution in [3.05, 3.63) is 28.7 Å². The highest BCUT2D eigenvalue weighted by Crippen LogP contribution is 2.20. The molecule has 0 saturated carbocycles. The lowest BCUT2D eigenvalue weighted by molar-refractivity contribution is 0.0766. The van der Waals surface area contributed by atoms with Crippen LogP contribution >= 0.6 is 0 Å². The molecule has 3 rings (SSSR count). The predicted molar refractivity (Wildman–Crippen MR) is 73.7 cm³/mol. The molecular weight excluding hydrogens is 256 g/mol. The summed E-state index contributed by atoms with van der Waals surface area (Å²) in [6.45, 7) is 6.65. The molecule has 0 bridgehead atoms. The molecule has 2 aromatic heterocycles. The van der Waals surface area contributed by atoms with Gasteiger partial charge >= 0.3 is 0 Å². The molecule has 0 aliphatic carbocycles. The smallest absolute Gasteiger partial charge is 0.259 e. The molecule has 1 aliphatic heterocycles. The average molecular weight is 274 g/mol. The monoisotopic (exact) mass is 274 g/mol.